The molecule has 6 heteroatoms. The van der Waals surface area contributed by atoms with E-state index in [1.54, 1.807) is 24.1 Å². The van der Waals surface area contributed by atoms with Gasteiger partial charge in [0.25, 0.3) is 5.91 Å². The van der Waals surface area contributed by atoms with Crippen LogP contribution in [-0.4, -0.2) is 56.5 Å². The number of amides is 2. The lowest BCUT2D eigenvalue weighted by molar-refractivity contribution is -0.130. The third-order valence-corrected chi connectivity index (χ3v) is 4.78. The molecule has 1 aliphatic rings. The van der Waals surface area contributed by atoms with E-state index in [0.29, 0.717) is 18.7 Å². The highest BCUT2D eigenvalue weighted by atomic mass is 16.5. The zero-order valence-corrected chi connectivity index (χ0v) is 15.8. The molecule has 2 aromatic carbocycles. The Labute approximate surface area is 159 Å². The largest absolute Gasteiger partial charge is 0.497 e. The molecule has 1 heterocycles. The molecule has 27 heavy (non-hydrogen) atoms. The molecule has 0 radical (unpaired) electrons. The average molecular weight is 367 g/mol. The first kappa shape index (κ1) is 18.8. The molecule has 0 aliphatic carbocycles. The maximum atomic E-state index is 12.4. The molecule has 0 aromatic heterocycles. The Hall–Kier alpha value is -3.02. The Bertz CT molecular complexity index is 779. The predicted molar refractivity (Wildman–Crippen MR) is 105 cm³/mol. The van der Waals surface area contributed by atoms with Crippen LogP contribution in [0.1, 0.15) is 15.9 Å². The lowest BCUT2D eigenvalue weighted by Crippen LogP contribution is -2.51. The van der Waals surface area contributed by atoms with Crippen molar-refractivity contribution in [3.05, 3.63) is 59.7 Å². The van der Waals surface area contributed by atoms with Gasteiger partial charge in [-0.25, -0.2) is 0 Å². The van der Waals surface area contributed by atoms with Gasteiger partial charge in [-0.1, -0.05) is 17.7 Å². The fourth-order valence-electron chi connectivity index (χ4n) is 3.08. The Kier molecular flexibility index (Phi) is 5.96. The van der Waals surface area contributed by atoms with Crippen molar-refractivity contribution in [1.82, 2.24) is 10.2 Å². The van der Waals surface area contributed by atoms with Crippen molar-refractivity contribution in [3.8, 4) is 5.75 Å². The number of anilines is 1. The lowest BCUT2D eigenvalue weighted by atomic mass is 10.1. The number of carbonyl (C=O) groups excluding carboxylic acids is 2. The van der Waals surface area contributed by atoms with Crippen LogP contribution in [0.25, 0.3) is 0 Å². The summed E-state index contributed by atoms with van der Waals surface area (Å²) in [5.74, 6) is 0.557. The molecular formula is C21H25N3O3. The number of rotatable bonds is 5. The fraction of sp³-hybridized carbons (Fsp3) is 0.333. The SMILES string of the molecule is COc1ccc(N2CCN(C(=O)CNC(=O)c3ccc(C)cc3)CC2)cc1. The number of hydrogen-bond donors (Lipinski definition) is 1. The summed E-state index contributed by atoms with van der Waals surface area (Å²) < 4.78 is 5.18. The number of hydrogen-bond acceptors (Lipinski definition) is 4. The number of piperazine rings is 1. The number of methoxy groups -OCH3 is 1. The normalized spacial score (nSPS) is 14.0. The molecule has 3 rings (SSSR count). The monoisotopic (exact) mass is 367 g/mol. The van der Waals surface area contributed by atoms with Crippen LogP contribution in [0, 0.1) is 6.92 Å². The van der Waals surface area contributed by atoms with Crippen LogP contribution in [0.2, 0.25) is 0 Å². The number of nitrogens with zero attached hydrogens (tertiary/aromatic N) is 2. The van der Waals surface area contributed by atoms with Crippen molar-refractivity contribution in [2.45, 2.75) is 6.92 Å². The first-order valence-corrected chi connectivity index (χ1v) is 9.08. The van der Waals surface area contributed by atoms with Gasteiger partial charge in [-0.2, -0.15) is 0 Å². The van der Waals surface area contributed by atoms with Gasteiger partial charge in [0.05, 0.1) is 13.7 Å². The highest BCUT2D eigenvalue weighted by Crippen LogP contribution is 2.20. The van der Waals surface area contributed by atoms with Crippen molar-refractivity contribution in [2.75, 3.05) is 44.7 Å². The molecule has 1 saturated heterocycles. The van der Waals surface area contributed by atoms with Crippen molar-refractivity contribution in [2.24, 2.45) is 0 Å². The van der Waals surface area contributed by atoms with Gasteiger partial charge >= 0.3 is 0 Å². The van der Waals surface area contributed by atoms with E-state index in [1.807, 2.05) is 43.3 Å². The first-order valence-electron chi connectivity index (χ1n) is 9.08. The Morgan fingerprint density at radius 2 is 1.59 bits per heavy atom. The third kappa shape index (κ3) is 4.78. The fourth-order valence-corrected chi connectivity index (χ4v) is 3.08. The van der Waals surface area contributed by atoms with E-state index in [1.165, 1.54) is 0 Å². The number of carbonyl (C=O) groups is 2. The number of aryl methyl sites for hydroxylation is 1. The van der Waals surface area contributed by atoms with E-state index in [9.17, 15) is 9.59 Å². The van der Waals surface area contributed by atoms with Gasteiger partial charge in [0.15, 0.2) is 0 Å². The Morgan fingerprint density at radius 3 is 2.19 bits per heavy atom. The van der Waals surface area contributed by atoms with Gasteiger partial charge in [0, 0.05) is 37.4 Å². The van der Waals surface area contributed by atoms with Gasteiger partial charge in [0.2, 0.25) is 5.91 Å². The summed E-state index contributed by atoms with van der Waals surface area (Å²) in [6, 6.07) is 15.2. The third-order valence-electron chi connectivity index (χ3n) is 4.78. The molecule has 0 atom stereocenters. The summed E-state index contributed by atoms with van der Waals surface area (Å²) in [5, 5.41) is 2.71. The number of ether oxygens (including phenoxy) is 1. The Balaban J connectivity index is 1.46. The molecule has 0 unspecified atom stereocenters. The number of nitrogens with one attached hydrogen (secondary N) is 1. The molecule has 0 spiro atoms. The van der Waals surface area contributed by atoms with Crippen molar-refractivity contribution in [3.63, 3.8) is 0 Å². The first-order chi connectivity index (χ1) is 13.1. The van der Waals surface area contributed by atoms with Crippen LogP contribution in [0.15, 0.2) is 48.5 Å². The molecule has 1 N–H and O–H groups in total. The van der Waals surface area contributed by atoms with Gasteiger partial charge < -0.3 is 19.9 Å². The maximum absolute atomic E-state index is 12.4. The smallest absolute Gasteiger partial charge is 0.251 e. The van der Waals surface area contributed by atoms with E-state index in [0.717, 1.165) is 30.1 Å². The predicted octanol–water partition coefficient (Wildman–Crippen LogP) is 2.08. The minimum Gasteiger partial charge on any atom is -0.497 e. The van der Waals surface area contributed by atoms with E-state index >= 15 is 0 Å². The minimum atomic E-state index is -0.222. The van der Waals surface area contributed by atoms with Gasteiger partial charge in [-0.15, -0.1) is 0 Å². The van der Waals surface area contributed by atoms with E-state index in [2.05, 4.69) is 10.2 Å². The highest BCUT2D eigenvalue weighted by Gasteiger charge is 2.21. The number of benzene rings is 2. The molecule has 142 valence electrons. The second-order valence-corrected chi connectivity index (χ2v) is 6.61. The van der Waals surface area contributed by atoms with E-state index in [4.69, 9.17) is 4.74 Å². The second kappa shape index (κ2) is 8.58. The molecule has 1 fully saturated rings. The van der Waals surface area contributed by atoms with Crippen LogP contribution in [-0.2, 0) is 4.79 Å². The van der Waals surface area contributed by atoms with Gasteiger partial charge in [-0.3, -0.25) is 9.59 Å². The second-order valence-electron chi connectivity index (χ2n) is 6.61. The zero-order valence-electron chi connectivity index (χ0n) is 15.8. The minimum absolute atomic E-state index is 0.0231. The quantitative estimate of drug-likeness (QED) is 0.879. The topological polar surface area (TPSA) is 61.9 Å². The average Bonchev–Trinajstić information content (AvgIpc) is 2.72. The summed E-state index contributed by atoms with van der Waals surface area (Å²) in [7, 11) is 1.65. The lowest BCUT2D eigenvalue weighted by Gasteiger charge is -2.36. The molecule has 2 aromatic rings. The van der Waals surface area contributed by atoms with Crippen LogP contribution in [0.3, 0.4) is 0 Å². The van der Waals surface area contributed by atoms with Gasteiger partial charge in [0.1, 0.15) is 5.75 Å². The maximum Gasteiger partial charge on any atom is 0.251 e. The summed E-state index contributed by atoms with van der Waals surface area (Å²) >= 11 is 0. The molecule has 0 bridgehead atoms. The summed E-state index contributed by atoms with van der Waals surface area (Å²) in [6.45, 7) is 4.82. The van der Waals surface area contributed by atoms with Gasteiger partial charge in [-0.05, 0) is 43.3 Å². The molecular weight excluding hydrogens is 342 g/mol. The molecule has 0 saturated carbocycles. The van der Waals surface area contributed by atoms with E-state index in [-0.39, 0.29) is 18.4 Å². The van der Waals surface area contributed by atoms with Crippen LogP contribution in [0.4, 0.5) is 5.69 Å². The summed E-state index contributed by atoms with van der Waals surface area (Å²) in [5.41, 5.74) is 2.78. The van der Waals surface area contributed by atoms with Crippen molar-refractivity contribution in [1.29, 1.82) is 0 Å². The van der Waals surface area contributed by atoms with E-state index < -0.39 is 0 Å². The molecule has 1 aliphatic heterocycles. The standard InChI is InChI=1S/C21H25N3O3/c1-16-3-5-17(6-4-16)21(26)22-15-20(25)24-13-11-23(12-14-24)18-7-9-19(27-2)10-8-18/h3-10H,11-15H2,1-2H3,(H,22,26). The Morgan fingerprint density at radius 1 is 0.963 bits per heavy atom. The zero-order chi connectivity index (χ0) is 19.2. The van der Waals surface area contributed by atoms with Crippen LogP contribution < -0.4 is 15.0 Å². The highest BCUT2D eigenvalue weighted by molar-refractivity contribution is 5.96. The molecule has 6 nitrogen and oxygen atoms in total. The van der Waals surface area contributed by atoms with Crippen molar-refractivity contribution >= 4 is 17.5 Å². The summed E-state index contributed by atoms with van der Waals surface area (Å²) in [6.07, 6.45) is 0. The summed E-state index contributed by atoms with van der Waals surface area (Å²) in [4.78, 5) is 28.6. The van der Waals surface area contributed by atoms with Crippen LogP contribution in [0.5, 0.6) is 5.75 Å². The van der Waals surface area contributed by atoms with Crippen molar-refractivity contribution < 1.29 is 14.3 Å². The van der Waals surface area contributed by atoms with Crippen LogP contribution >= 0.6 is 0 Å². The molecule has 2 amide bonds.